The number of carbonyl (C=O) groups is 1. The van der Waals surface area contributed by atoms with Gasteiger partial charge in [0, 0.05) is 41.1 Å². The van der Waals surface area contributed by atoms with Gasteiger partial charge in [-0.25, -0.2) is 9.18 Å². The molecule has 0 aliphatic heterocycles. The summed E-state index contributed by atoms with van der Waals surface area (Å²) in [6.07, 6.45) is 3.33. The molecule has 0 aliphatic carbocycles. The highest BCUT2D eigenvalue weighted by molar-refractivity contribution is 5.89. The number of amides is 2. The maximum Gasteiger partial charge on any atom is 0.322 e. The van der Waals surface area contributed by atoms with Crippen molar-refractivity contribution in [2.24, 2.45) is 0 Å². The van der Waals surface area contributed by atoms with E-state index in [0.29, 0.717) is 11.3 Å². The van der Waals surface area contributed by atoms with E-state index < -0.39 is 6.03 Å². The minimum Gasteiger partial charge on any atom is -0.322 e. The van der Waals surface area contributed by atoms with Crippen LogP contribution in [0.5, 0.6) is 0 Å². The number of urea groups is 1. The molecule has 2 aromatic carbocycles. The van der Waals surface area contributed by atoms with E-state index in [9.17, 15) is 14.0 Å². The zero-order valence-electron chi connectivity index (χ0n) is 17.9. The lowest BCUT2D eigenvalue weighted by Gasteiger charge is -2.23. The highest BCUT2D eigenvalue weighted by Crippen LogP contribution is 2.20. The largest absolute Gasteiger partial charge is 0.322 e. The van der Waals surface area contributed by atoms with Gasteiger partial charge in [-0.2, -0.15) is 0 Å². The normalized spacial score (nSPS) is 10.8. The third-order valence-electron chi connectivity index (χ3n) is 5.23. The van der Waals surface area contributed by atoms with E-state index in [1.807, 2.05) is 32.0 Å². The van der Waals surface area contributed by atoms with Crippen molar-refractivity contribution >= 4 is 22.6 Å². The number of nitrogens with one attached hydrogen (secondary N) is 2. The van der Waals surface area contributed by atoms with Gasteiger partial charge in [0.2, 0.25) is 0 Å². The summed E-state index contributed by atoms with van der Waals surface area (Å²) in [6.45, 7) is 4.33. The summed E-state index contributed by atoms with van der Waals surface area (Å²) in [6, 6.07) is 14.6. The molecule has 0 saturated heterocycles. The number of anilines is 1. The summed E-state index contributed by atoms with van der Waals surface area (Å²) in [5.74, 6) is -0.386. The average molecular weight is 430 g/mol. The van der Waals surface area contributed by atoms with Gasteiger partial charge >= 0.3 is 6.03 Å². The van der Waals surface area contributed by atoms with Crippen LogP contribution in [0.25, 0.3) is 10.9 Å². The van der Waals surface area contributed by atoms with Crippen LogP contribution in [0, 0.1) is 19.7 Å². The molecule has 0 bridgehead atoms. The molecule has 4 rings (SSSR count). The molecule has 32 heavy (non-hydrogen) atoms. The zero-order chi connectivity index (χ0) is 22.7. The molecule has 2 amide bonds. The number of carbonyl (C=O) groups excluding carboxylic acids is 1. The number of pyridine rings is 2. The van der Waals surface area contributed by atoms with E-state index >= 15 is 0 Å². The highest BCUT2D eigenvalue weighted by Gasteiger charge is 2.18. The smallest absolute Gasteiger partial charge is 0.322 e. The van der Waals surface area contributed by atoms with Gasteiger partial charge in [-0.3, -0.25) is 9.78 Å². The summed E-state index contributed by atoms with van der Waals surface area (Å²) < 4.78 is 13.2. The van der Waals surface area contributed by atoms with E-state index in [0.717, 1.165) is 27.6 Å². The Bertz CT molecular complexity index is 1320. The van der Waals surface area contributed by atoms with Crippen molar-refractivity contribution in [3.05, 3.63) is 105 Å². The number of benzene rings is 2. The lowest BCUT2D eigenvalue weighted by atomic mass is 10.0. The van der Waals surface area contributed by atoms with Crippen molar-refractivity contribution in [3.8, 4) is 0 Å². The SMILES string of the molecule is Cc1cc(C)c2cc(CN(Cc3cccnc3)C(=O)Nc3ccc(F)cc3)c(=O)[nH]c2c1. The number of aryl methyl sites for hydroxylation is 2. The van der Waals surface area contributed by atoms with Gasteiger partial charge in [-0.1, -0.05) is 12.1 Å². The third-order valence-corrected chi connectivity index (χ3v) is 5.23. The number of aromatic amines is 1. The fourth-order valence-electron chi connectivity index (χ4n) is 3.69. The second kappa shape index (κ2) is 9.01. The van der Waals surface area contributed by atoms with Crippen LogP contribution in [0.3, 0.4) is 0 Å². The fourth-order valence-corrected chi connectivity index (χ4v) is 3.69. The molecule has 7 heteroatoms. The second-order valence-electron chi connectivity index (χ2n) is 7.82. The van der Waals surface area contributed by atoms with Crippen LogP contribution in [0.15, 0.2) is 71.8 Å². The van der Waals surface area contributed by atoms with Crippen molar-refractivity contribution < 1.29 is 9.18 Å². The number of halogens is 1. The first kappa shape index (κ1) is 21.2. The van der Waals surface area contributed by atoms with Crippen molar-refractivity contribution in [1.29, 1.82) is 0 Å². The van der Waals surface area contributed by atoms with Crippen LogP contribution in [0.4, 0.5) is 14.9 Å². The highest BCUT2D eigenvalue weighted by atomic mass is 19.1. The van der Waals surface area contributed by atoms with Gasteiger partial charge in [0.25, 0.3) is 5.56 Å². The Balaban J connectivity index is 1.66. The third kappa shape index (κ3) is 4.83. The van der Waals surface area contributed by atoms with E-state index in [1.165, 1.54) is 29.2 Å². The van der Waals surface area contributed by atoms with E-state index in [1.54, 1.807) is 18.5 Å². The summed E-state index contributed by atoms with van der Waals surface area (Å²) in [4.78, 5) is 34.4. The standard InChI is InChI=1S/C25H23FN4O2/c1-16-10-17(2)22-12-19(24(31)29-23(22)11-16)15-30(14-18-4-3-9-27-13-18)25(32)28-21-7-5-20(26)6-8-21/h3-13H,14-15H2,1-2H3,(H,28,32)(H,29,31). The molecule has 0 saturated carbocycles. The van der Waals surface area contributed by atoms with Crippen molar-refractivity contribution in [1.82, 2.24) is 14.9 Å². The van der Waals surface area contributed by atoms with Crippen LogP contribution in [-0.4, -0.2) is 20.9 Å². The van der Waals surface area contributed by atoms with Gasteiger partial charge < -0.3 is 15.2 Å². The van der Waals surface area contributed by atoms with E-state index in [4.69, 9.17) is 0 Å². The number of fused-ring (bicyclic) bond motifs is 1. The quantitative estimate of drug-likeness (QED) is 0.472. The number of rotatable bonds is 5. The maximum absolute atomic E-state index is 13.2. The van der Waals surface area contributed by atoms with Crippen molar-refractivity contribution in [3.63, 3.8) is 0 Å². The van der Waals surface area contributed by atoms with Gasteiger partial charge in [0.15, 0.2) is 0 Å². The van der Waals surface area contributed by atoms with Crippen LogP contribution in [0.2, 0.25) is 0 Å². The lowest BCUT2D eigenvalue weighted by Crippen LogP contribution is -2.35. The summed E-state index contributed by atoms with van der Waals surface area (Å²) >= 11 is 0. The Hall–Kier alpha value is -4.00. The Morgan fingerprint density at radius 1 is 1.09 bits per heavy atom. The number of nitrogens with zero attached hydrogens (tertiary/aromatic N) is 2. The second-order valence-corrected chi connectivity index (χ2v) is 7.82. The minimum atomic E-state index is -0.402. The molecule has 4 aromatic rings. The van der Waals surface area contributed by atoms with Gasteiger partial charge in [0.05, 0.1) is 6.54 Å². The topological polar surface area (TPSA) is 78.1 Å². The predicted octanol–water partition coefficient (Wildman–Crippen LogP) is 4.91. The molecule has 0 unspecified atom stereocenters. The number of H-pyrrole nitrogens is 1. The summed E-state index contributed by atoms with van der Waals surface area (Å²) in [5, 5.41) is 3.71. The molecule has 162 valence electrons. The molecule has 0 radical (unpaired) electrons. The van der Waals surface area contributed by atoms with Crippen LogP contribution in [-0.2, 0) is 13.1 Å². The number of aromatic nitrogens is 2. The average Bonchev–Trinajstić information content (AvgIpc) is 2.76. The van der Waals surface area contributed by atoms with Gasteiger partial charge in [0.1, 0.15) is 5.82 Å². The molecule has 0 aliphatic rings. The molecule has 0 spiro atoms. The van der Waals surface area contributed by atoms with Crippen LogP contribution in [0.1, 0.15) is 22.3 Å². The summed E-state index contributed by atoms with van der Waals surface area (Å²) in [5.41, 5.74) is 4.40. The van der Waals surface area contributed by atoms with Crippen molar-refractivity contribution in [2.75, 3.05) is 5.32 Å². The number of hydrogen-bond acceptors (Lipinski definition) is 3. The fraction of sp³-hybridized carbons (Fsp3) is 0.160. The molecule has 0 fully saturated rings. The Morgan fingerprint density at radius 3 is 2.59 bits per heavy atom. The minimum absolute atomic E-state index is 0.0977. The van der Waals surface area contributed by atoms with E-state index in [2.05, 4.69) is 21.4 Å². The molecule has 0 atom stereocenters. The first-order valence-electron chi connectivity index (χ1n) is 10.2. The zero-order valence-corrected chi connectivity index (χ0v) is 17.9. The molecular weight excluding hydrogens is 407 g/mol. The lowest BCUT2D eigenvalue weighted by molar-refractivity contribution is 0.206. The van der Waals surface area contributed by atoms with Gasteiger partial charge in [-0.05, 0) is 73.0 Å². The first-order valence-corrected chi connectivity index (χ1v) is 10.2. The maximum atomic E-state index is 13.2. The predicted molar refractivity (Wildman–Crippen MR) is 123 cm³/mol. The summed E-state index contributed by atoms with van der Waals surface area (Å²) in [7, 11) is 0. The Morgan fingerprint density at radius 2 is 1.88 bits per heavy atom. The van der Waals surface area contributed by atoms with Gasteiger partial charge in [-0.15, -0.1) is 0 Å². The van der Waals surface area contributed by atoms with E-state index in [-0.39, 0.29) is 24.5 Å². The molecule has 2 N–H and O–H groups in total. The van der Waals surface area contributed by atoms with Crippen molar-refractivity contribution in [2.45, 2.75) is 26.9 Å². The number of hydrogen-bond donors (Lipinski definition) is 2. The van der Waals surface area contributed by atoms with Crippen LogP contribution >= 0.6 is 0 Å². The molecule has 6 nitrogen and oxygen atoms in total. The Labute approximate surface area is 184 Å². The Kier molecular flexibility index (Phi) is 5.98. The molecular formula is C25H23FN4O2. The monoisotopic (exact) mass is 430 g/mol. The molecule has 2 heterocycles. The van der Waals surface area contributed by atoms with Crippen LogP contribution < -0.4 is 10.9 Å². The first-order chi connectivity index (χ1) is 15.4. The molecule has 2 aromatic heterocycles.